The van der Waals surface area contributed by atoms with Crippen molar-refractivity contribution >= 4 is 15.7 Å². The molecular formula is C13H20N2O3S. The van der Waals surface area contributed by atoms with Crippen molar-refractivity contribution in [2.75, 3.05) is 18.9 Å². The van der Waals surface area contributed by atoms with Crippen LogP contribution in [-0.4, -0.2) is 27.7 Å². The van der Waals surface area contributed by atoms with Gasteiger partial charge in [0.25, 0.3) is 0 Å². The third kappa shape index (κ3) is 3.26. The molecule has 0 radical (unpaired) electrons. The number of benzene rings is 1. The van der Waals surface area contributed by atoms with Crippen LogP contribution in [0.5, 0.6) is 0 Å². The van der Waals surface area contributed by atoms with E-state index in [2.05, 4.69) is 4.72 Å². The number of ether oxygens (including phenoxy) is 1. The largest absolute Gasteiger partial charge is 0.398 e. The number of nitrogen functional groups attached to an aromatic ring is 1. The minimum atomic E-state index is -3.57. The summed E-state index contributed by atoms with van der Waals surface area (Å²) in [4.78, 5) is 0.147. The van der Waals surface area contributed by atoms with E-state index >= 15 is 0 Å². The van der Waals surface area contributed by atoms with Gasteiger partial charge in [-0.1, -0.05) is 0 Å². The van der Waals surface area contributed by atoms with Gasteiger partial charge in [-0.3, -0.25) is 0 Å². The summed E-state index contributed by atoms with van der Waals surface area (Å²) in [6.07, 6.45) is 1.85. The van der Waals surface area contributed by atoms with Crippen LogP contribution in [0.15, 0.2) is 17.0 Å². The third-order valence-electron chi connectivity index (χ3n) is 3.44. The van der Waals surface area contributed by atoms with Crippen LogP contribution >= 0.6 is 0 Å². The molecule has 0 bridgehead atoms. The van der Waals surface area contributed by atoms with Crippen molar-refractivity contribution in [2.45, 2.75) is 37.7 Å². The van der Waals surface area contributed by atoms with Gasteiger partial charge in [-0.05, 0) is 49.9 Å². The minimum Gasteiger partial charge on any atom is -0.398 e. The number of hydrogen-bond donors (Lipinski definition) is 2. The molecule has 1 atom stereocenters. The maximum atomic E-state index is 12.2. The molecule has 106 valence electrons. The Morgan fingerprint density at radius 1 is 1.37 bits per heavy atom. The van der Waals surface area contributed by atoms with E-state index in [-0.39, 0.29) is 16.7 Å². The van der Waals surface area contributed by atoms with Gasteiger partial charge in [-0.25, -0.2) is 13.1 Å². The molecule has 0 aliphatic carbocycles. The lowest BCUT2D eigenvalue weighted by atomic mass is 10.1. The first-order valence-electron chi connectivity index (χ1n) is 6.38. The molecule has 1 heterocycles. The predicted molar refractivity (Wildman–Crippen MR) is 74.5 cm³/mol. The Morgan fingerprint density at radius 3 is 2.68 bits per heavy atom. The van der Waals surface area contributed by atoms with Crippen molar-refractivity contribution < 1.29 is 13.2 Å². The first-order valence-corrected chi connectivity index (χ1v) is 7.86. The first kappa shape index (κ1) is 14.3. The van der Waals surface area contributed by atoms with E-state index in [1.165, 1.54) is 0 Å². The van der Waals surface area contributed by atoms with E-state index in [0.29, 0.717) is 13.2 Å². The average molecular weight is 284 g/mol. The van der Waals surface area contributed by atoms with Crippen LogP contribution in [-0.2, 0) is 14.8 Å². The van der Waals surface area contributed by atoms with Crippen LogP contribution in [0.3, 0.4) is 0 Å². The van der Waals surface area contributed by atoms with E-state index in [0.717, 1.165) is 24.0 Å². The summed E-state index contributed by atoms with van der Waals surface area (Å²) >= 11 is 0. The zero-order valence-corrected chi connectivity index (χ0v) is 12.1. The molecule has 0 saturated carbocycles. The molecule has 1 aliphatic heterocycles. The zero-order chi connectivity index (χ0) is 14.0. The fraction of sp³-hybridized carbons (Fsp3) is 0.538. The van der Waals surface area contributed by atoms with E-state index in [1.807, 2.05) is 13.8 Å². The molecule has 1 fully saturated rings. The molecule has 19 heavy (non-hydrogen) atoms. The van der Waals surface area contributed by atoms with Crippen molar-refractivity contribution in [3.8, 4) is 0 Å². The molecule has 0 spiro atoms. The molecular weight excluding hydrogens is 264 g/mol. The molecule has 6 heteroatoms. The molecule has 5 nitrogen and oxygen atoms in total. The van der Waals surface area contributed by atoms with Crippen molar-refractivity contribution in [3.05, 3.63) is 23.3 Å². The van der Waals surface area contributed by atoms with Crippen molar-refractivity contribution in [1.29, 1.82) is 0 Å². The normalized spacial score (nSPS) is 19.8. The van der Waals surface area contributed by atoms with E-state index in [1.54, 1.807) is 12.1 Å². The van der Waals surface area contributed by atoms with Crippen molar-refractivity contribution in [2.24, 2.45) is 0 Å². The molecule has 1 aromatic carbocycles. The first-order chi connectivity index (χ1) is 8.90. The maximum Gasteiger partial charge on any atom is 0.242 e. The monoisotopic (exact) mass is 284 g/mol. The fourth-order valence-electron chi connectivity index (χ4n) is 2.13. The molecule has 0 aromatic heterocycles. The van der Waals surface area contributed by atoms with Gasteiger partial charge in [-0.2, -0.15) is 0 Å². The lowest BCUT2D eigenvalue weighted by Gasteiger charge is -2.14. The van der Waals surface area contributed by atoms with E-state index < -0.39 is 10.0 Å². The lowest BCUT2D eigenvalue weighted by molar-refractivity contribution is 0.114. The van der Waals surface area contributed by atoms with Crippen LogP contribution in [0.25, 0.3) is 0 Å². The molecule has 1 unspecified atom stereocenters. The number of nitrogens with one attached hydrogen (secondary N) is 1. The van der Waals surface area contributed by atoms with Crippen LogP contribution in [0.2, 0.25) is 0 Å². The standard InChI is InChI=1S/C13H20N2O3S/c1-9-6-12(14)13(7-10(9)2)19(16,17)15-8-11-4-3-5-18-11/h6-7,11,15H,3-5,8,14H2,1-2H3. The summed E-state index contributed by atoms with van der Waals surface area (Å²) < 4.78 is 32.4. The van der Waals surface area contributed by atoms with Gasteiger partial charge >= 0.3 is 0 Å². The Bertz CT molecular complexity index is 563. The van der Waals surface area contributed by atoms with Gasteiger partial charge < -0.3 is 10.5 Å². The fourth-order valence-corrected chi connectivity index (χ4v) is 3.39. The second-order valence-corrected chi connectivity index (χ2v) is 6.70. The average Bonchev–Trinajstić information content (AvgIpc) is 2.84. The number of nitrogens with two attached hydrogens (primary N) is 1. The number of aryl methyl sites for hydroxylation is 2. The van der Waals surface area contributed by atoms with Crippen LogP contribution in [0, 0.1) is 13.8 Å². The van der Waals surface area contributed by atoms with Crippen LogP contribution in [0.1, 0.15) is 24.0 Å². The highest BCUT2D eigenvalue weighted by Gasteiger charge is 2.22. The number of rotatable bonds is 4. The summed E-state index contributed by atoms with van der Waals surface area (Å²) in [5.74, 6) is 0. The SMILES string of the molecule is Cc1cc(N)c(S(=O)(=O)NCC2CCCO2)cc1C. The van der Waals surface area contributed by atoms with Crippen LogP contribution in [0.4, 0.5) is 5.69 Å². The zero-order valence-electron chi connectivity index (χ0n) is 11.3. The maximum absolute atomic E-state index is 12.2. The van der Waals surface area contributed by atoms with Crippen molar-refractivity contribution in [1.82, 2.24) is 4.72 Å². The minimum absolute atomic E-state index is 0.0254. The molecule has 0 amide bonds. The topological polar surface area (TPSA) is 81.4 Å². The number of hydrogen-bond acceptors (Lipinski definition) is 4. The van der Waals surface area contributed by atoms with Crippen LogP contribution < -0.4 is 10.5 Å². The van der Waals surface area contributed by atoms with Gasteiger partial charge in [0.15, 0.2) is 0 Å². The molecule has 1 aromatic rings. The second kappa shape index (κ2) is 5.48. The van der Waals surface area contributed by atoms with Gasteiger partial charge in [0.1, 0.15) is 4.90 Å². The summed E-state index contributed by atoms with van der Waals surface area (Å²) in [7, 11) is -3.57. The molecule has 1 saturated heterocycles. The van der Waals surface area contributed by atoms with Gasteiger partial charge in [0, 0.05) is 13.2 Å². The summed E-state index contributed by atoms with van der Waals surface area (Å²) in [5.41, 5.74) is 7.98. The smallest absolute Gasteiger partial charge is 0.242 e. The van der Waals surface area contributed by atoms with E-state index in [9.17, 15) is 8.42 Å². The predicted octanol–water partition coefficient (Wildman–Crippen LogP) is 1.34. The lowest BCUT2D eigenvalue weighted by Crippen LogP contribution is -2.32. The Labute approximate surface area is 114 Å². The Balaban J connectivity index is 2.16. The Kier molecular flexibility index (Phi) is 4.13. The number of sulfonamides is 1. The van der Waals surface area contributed by atoms with Crippen molar-refractivity contribution in [3.63, 3.8) is 0 Å². The van der Waals surface area contributed by atoms with E-state index in [4.69, 9.17) is 10.5 Å². The highest BCUT2D eigenvalue weighted by atomic mass is 32.2. The summed E-state index contributed by atoms with van der Waals surface area (Å²) in [5, 5.41) is 0. The third-order valence-corrected chi connectivity index (χ3v) is 4.92. The Morgan fingerprint density at radius 2 is 2.05 bits per heavy atom. The Hall–Kier alpha value is -1.11. The second-order valence-electron chi connectivity index (χ2n) is 4.96. The molecule has 2 rings (SSSR count). The summed E-state index contributed by atoms with van der Waals surface area (Å²) in [6.45, 7) is 4.78. The number of anilines is 1. The quantitative estimate of drug-likeness (QED) is 0.818. The molecule has 3 N–H and O–H groups in total. The van der Waals surface area contributed by atoms with Gasteiger partial charge in [0.05, 0.1) is 11.8 Å². The van der Waals surface area contributed by atoms with Gasteiger partial charge in [-0.15, -0.1) is 0 Å². The highest BCUT2D eigenvalue weighted by Crippen LogP contribution is 2.22. The summed E-state index contributed by atoms with van der Waals surface area (Å²) in [6, 6.07) is 3.30. The highest BCUT2D eigenvalue weighted by molar-refractivity contribution is 7.89. The molecule has 1 aliphatic rings. The van der Waals surface area contributed by atoms with Gasteiger partial charge in [0.2, 0.25) is 10.0 Å².